The van der Waals surface area contributed by atoms with Crippen LogP contribution in [0.15, 0.2) is 24.3 Å². The van der Waals surface area contributed by atoms with Crippen LogP contribution in [0.4, 0.5) is 4.79 Å². The molecule has 2 rings (SSSR count). The standard InChI is InChI=1S/C15H22N2O4/c1-19-12-4-6-13(7-5-12)21-10-8-16-15(18)17-11-14-3-2-9-20-14/h4-7,14H,2-3,8-11H2,1H3,(H2,16,17,18). The highest BCUT2D eigenvalue weighted by Gasteiger charge is 2.15. The molecule has 1 saturated heterocycles. The molecule has 6 nitrogen and oxygen atoms in total. The van der Waals surface area contributed by atoms with Gasteiger partial charge in [-0.05, 0) is 37.1 Å². The number of nitrogens with one attached hydrogen (secondary N) is 2. The number of urea groups is 1. The van der Waals surface area contributed by atoms with Crippen molar-refractivity contribution in [3.8, 4) is 11.5 Å². The molecule has 0 bridgehead atoms. The molecule has 0 radical (unpaired) electrons. The second kappa shape index (κ2) is 8.36. The van der Waals surface area contributed by atoms with Crippen LogP contribution >= 0.6 is 0 Å². The van der Waals surface area contributed by atoms with Crippen LogP contribution in [0.1, 0.15) is 12.8 Å². The van der Waals surface area contributed by atoms with Crippen molar-refractivity contribution in [1.82, 2.24) is 10.6 Å². The highest BCUT2D eigenvalue weighted by atomic mass is 16.5. The molecule has 2 N–H and O–H groups in total. The first-order valence-electron chi connectivity index (χ1n) is 7.18. The zero-order chi connectivity index (χ0) is 14.9. The van der Waals surface area contributed by atoms with Gasteiger partial charge in [-0.3, -0.25) is 0 Å². The second-order valence-electron chi connectivity index (χ2n) is 4.80. The van der Waals surface area contributed by atoms with Gasteiger partial charge >= 0.3 is 6.03 Å². The van der Waals surface area contributed by atoms with Gasteiger partial charge in [0.05, 0.1) is 19.8 Å². The lowest BCUT2D eigenvalue weighted by atomic mass is 10.2. The summed E-state index contributed by atoms with van der Waals surface area (Å²) in [5, 5.41) is 5.54. The Morgan fingerprint density at radius 1 is 1.29 bits per heavy atom. The summed E-state index contributed by atoms with van der Waals surface area (Å²) in [4.78, 5) is 11.5. The van der Waals surface area contributed by atoms with Gasteiger partial charge in [-0.2, -0.15) is 0 Å². The van der Waals surface area contributed by atoms with Crippen molar-refractivity contribution in [2.75, 3.05) is 33.4 Å². The van der Waals surface area contributed by atoms with Crippen LogP contribution in [0.2, 0.25) is 0 Å². The fraction of sp³-hybridized carbons (Fsp3) is 0.533. The van der Waals surface area contributed by atoms with Gasteiger partial charge in [0.1, 0.15) is 18.1 Å². The van der Waals surface area contributed by atoms with Crippen LogP contribution in [0.25, 0.3) is 0 Å². The third-order valence-electron chi connectivity index (χ3n) is 3.23. The summed E-state index contributed by atoms with van der Waals surface area (Å²) in [6.07, 6.45) is 2.25. The molecule has 1 unspecified atom stereocenters. The van der Waals surface area contributed by atoms with E-state index in [1.165, 1.54) is 0 Å². The number of ether oxygens (including phenoxy) is 3. The Hall–Kier alpha value is -1.95. The molecular weight excluding hydrogens is 272 g/mol. The van der Waals surface area contributed by atoms with Gasteiger partial charge in [0.2, 0.25) is 0 Å². The first-order valence-corrected chi connectivity index (χ1v) is 7.18. The molecule has 1 fully saturated rings. The lowest BCUT2D eigenvalue weighted by Crippen LogP contribution is -2.41. The van der Waals surface area contributed by atoms with Gasteiger partial charge in [0.15, 0.2) is 0 Å². The number of benzene rings is 1. The number of carbonyl (C=O) groups excluding carboxylic acids is 1. The minimum atomic E-state index is -0.191. The molecule has 1 aromatic rings. The van der Waals surface area contributed by atoms with E-state index in [-0.39, 0.29) is 12.1 Å². The summed E-state index contributed by atoms with van der Waals surface area (Å²) in [7, 11) is 1.62. The zero-order valence-corrected chi connectivity index (χ0v) is 12.3. The van der Waals surface area contributed by atoms with Crippen molar-refractivity contribution < 1.29 is 19.0 Å². The Balaban J connectivity index is 1.54. The molecule has 116 valence electrons. The van der Waals surface area contributed by atoms with Gasteiger partial charge in [-0.1, -0.05) is 0 Å². The normalized spacial score (nSPS) is 17.3. The van der Waals surface area contributed by atoms with E-state index in [1.54, 1.807) is 7.11 Å². The number of carbonyl (C=O) groups is 1. The summed E-state index contributed by atoms with van der Waals surface area (Å²) < 4.78 is 16.0. The van der Waals surface area contributed by atoms with Crippen molar-refractivity contribution >= 4 is 6.03 Å². The van der Waals surface area contributed by atoms with Gasteiger partial charge < -0.3 is 24.8 Å². The zero-order valence-electron chi connectivity index (χ0n) is 12.3. The van der Waals surface area contributed by atoms with E-state index in [4.69, 9.17) is 14.2 Å². The third-order valence-corrected chi connectivity index (χ3v) is 3.23. The second-order valence-corrected chi connectivity index (χ2v) is 4.80. The lowest BCUT2D eigenvalue weighted by molar-refractivity contribution is 0.111. The summed E-state index contributed by atoms with van der Waals surface area (Å²) >= 11 is 0. The maximum absolute atomic E-state index is 11.5. The summed E-state index contributed by atoms with van der Waals surface area (Å²) in [6.45, 7) is 2.22. The number of rotatable bonds is 7. The number of hydrogen-bond donors (Lipinski definition) is 2. The van der Waals surface area contributed by atoms with Crippen LogP contribution in [-0.4, -0.2) is 45.5 Å². The lowest BCUT2D eigenvalue weighted by Gasteiger charge is -2.12. The first-order chi connectivity index (χ1) is 10.3. The molecule has 6 heteroatoms. The molecule has 21 heavy (non-hydrogen) atoms. The fourth-order valence-electron chi connectivity index (χ4n) is 2.08. The van der Waals surface area contributed by atoms with Crippen molar-refractivity contribution in [2.45, 2.75) is 18.9 Å². The molecule has 0 spiro atoms. The quantitative estimate of drug-likeness (QED) is 0.749. The molecular formula is C15H22N2O4. The fourth-order valence-corrected chi connectivity index (χ4v) is 2.08. The third kappa shape index (κ3) is 5.51. The molecule has 2 amide bonds. The topological polar surface area (TPSA) is 68.8 Å². The predicted molar refractivity (Wildman–Crippen MR) is 78.9 cm³/mol. The first kappa shape index (κ1) is 15.4. The van der Waals surface area contributed by atoms with Crippen LogP contribution in [0, 0.1) is 0 Å². The molecule has 0 saturated carbocycles. The van der Waals surface area contributed by atoms with E-state index in [0.29, 0.717) is 19.7 Å². The van der Waals surface area contributed by atoms with Crippen LogP contribution < -0.4 is 20.1 Å². The van der Waals surface area contributed by atoms with E-state index < -0.39 is 0 Å². The Kier molecular flexibility index (Phi) is 6.15. The van der Waals surface area contributed by atoms with Gasteiger partial charge in [-0.15, -0.1) is 0 Å². The van der Waals surface area contributed by atoms with Crippen LogP contribution in [-0.2, 0) is 4.74 Å². The SMILES string of the molecule is COc1ccc(OCCNC(=O)NCC2CCCO2)cc1. The highest BCUT2D eigenvalue weighted by Crippen LogP contribution is 2.16. The number of amides is 2. The molecule has 1 aliphatic rings. The largest absolute Gasteiger partial charge is 0.497 e. The van der Waals surface area contributed by atoms with Gasteiger partial charge in [-0.25, -0.2) is 4.79 Å². The Labute approximate surface area is 124 Å². The van der Waals surface area contributed by atoms with Crippen LogP contribution in [0.3, 0.4) is 0 Å². The highest BCUT2D eigenvalue weighted by molar-refractivity contribution is 5.73. The molecule has 0 aliphatic carbocycles. The number of hydrogen-bond acceptors (Lipinski definition) is 4. The van der Waals surface area contributed by atoms with Gasteiger partial charge in [0, 0.05) is 13.2 Å². The Morgan fingerprint density at radius 2 is 2.05 bits per heavy atom. The minimum Gasteiger partial charge on any atom is -0.497 e. The van der Waals surface area contributed by atoms with E-state index in [1.807, 2.05) is 24.3 Å². The van der Waals surface area contributed by atoms with Crippen molar-refractivity contribution in [3.63, 3.8) is 0 Å². The molecule has 1 aliphatic heterocycles. The molecule has 1 aromatic carbocycles. The Morgan fingerprint density at radius 3 is 2.71 bits per heavy atom. The monoisotopic (exact) mass is 294 g/mol. The van der Waals surface area contributed by atoms with Crippen molar-refractivity contribution in [1.29, 1.82) is 0 Å². The number of methoxy groups -OCH3 is 1. The molecule has 1 atom stereocenters. The molecule has 0 aromatic heterocycles. The van der Waals surface area contributed by atoms with E-state index in [0.717, 1.165) is 30.9 Å². The van der Waals surface area contributed by atoms with Crippen molar-refractivity contribution in [2.24, 2.45) is 0 Å². The van der Waals surface area contributed by atoms with Gasteiger partial charge in [0.25, 0.3) is 0 Å². The van der Waals surface area contributed by atoms with Crippen molar-refractivity contribution in [3.05, 3.63) is 24.3 Å². The molecule has 1 heterocycles. The van der Waals surface area contributed by atoms with E-state index in [9.17, 15) is 4.79 Å². The van der Waals surface area contributed by atoms with E-state index >= 15 is 0 Å². The summed E-state index contributed by atoms with van der Waals surface area (Å²) in [5.74, 6) is 1.53. The summed E-state index contributed by atoms with van der Waals surface area (Å²) in [6, 6.07) is 7.13. The average Bonchev–Trinajstić information content (AvgIpc) is 3.03. The predicted octanol–water partition coefficient (Wildman–Crippen LogP) is 1.55. The minimum absolute atomic E-state index is 0.159. The van der Waals surface area contributed by atoms with E-state index in [2.05, 4.69) is 10.6 Å². The maximum Gasteiger partial charge on any atom is 0.315 e. The maximum atomic E-state index is 11.5. The summed E-state index contributed by atoms with van der Waals surface area (Å²) in [5.41, 5.74) is 0. The van der Waals surface area contributed by atoms with Crippen LogP contribution in [0.5, 0.6) is 11.5 Å². The smallest absolute Gasteiger partial charge is 0.315 e. The Bertz CT molecular complexity index is 430. The average molecular weight is 294 g/mol.